The van der Waals surface area contributed by atoms with Gasteiger partial charge < -0.3 is 14.4 Å². The summed E-state index contributed by atoms with van der Waals surface area (Å²) in [5, 5.41) is 0. The molecule has 3 heteroatoms. The van der Waals surface area contributed by atoms with Crippen molar-refractivity contribution in [2.45, 2.75) is 71.2 Å². The standard InChI is InChI=1S/C19H33NO2/c1-19(2)15-7-6-14(10-15)17(19)11-18-21-13-16(22-18)12-20-8-4-3-5-9-20/h14-18H,3-13H2,1-2H3/p+1/t14-,15-,16+,17+,18+/m1/s1. The maximum Gasteiger partial charge on any atom is 0.158 e. The third kappa shape index (κ3) is 2.85. The van der Waals surface area contributed by atoms with Gasteiger partial charge in [-0.15, -0.1) is 0 Å². The van der Waals surface area contributed by atoms with E-state index in [0.29, 0.717) is 11.5 Å². The zero-order valence-electron chi connectivity index (χ0n) is 14.5. The van der Waals surface area contributed by atoms with Crippen LogP contribution in [-0.2, 0) is 9.47 Å². The van der Waals surface area contributed by atoms with Crippen molar-refractivity contribution in [3.8, 4) is 0 Å². The third-order valence-corrected chi connectivity index (χ3v) is 7.39. The van der Waals surface area contributed by atoms with E-state index < -0.39 is 0 Å². The van der Waals surface area contributed by atoms with Crippen molar-refractivity contribution in [3.05, 3.63) is 0 Å². The Morgan fingerprint density at radius 3 is 2.64 bits per heavy atom. The topological polar surface area (TPSA) is 22.9 Å². The van der Waals surface area contributed by atoms with E-state index in [1.54, 1.807) is 4.90 Å². The second kappa shape index (κ2) is 6.07. The summed E-state index contributed by atoms with van der Waals surface area (Å²) < 4.78 is 12.3. The summed E-state index contributed by atoms with van der Waals surface area (Å²) >= 11 is 0. The van der Waals surface area contributed by atoms with Gasteiger partial charge in [0, 0.05) is 6.42 Å². The number of piperidine rings is 1. The lowest BCUT2D eigenvalue weighted by atomic mass is 9.67. The smallest absolute Gasteiger partial charge is 0.158 e. The van der Waals surface area contributed by atoms with Gasteiger partial charge in [-0.05, 0) is 61.7 Å². The molecule has 2 saturated heterocycles. The van der Waals surface area contributed by atoms with E-state index in [1.807, 2.05) is 0 Å². The minimum absolute atomic E-state index is 0.0813. The number of ether oxygens (including phenoxy) is 2. The fourth-order valence-corrected chi connectivity index (χ4v) is 5.99. The quantitative estimate of drug-likeness (QED) is 0.861. The summed E-state index contributed by atoms with van der Waals surface area (Å²) in [5.74, 6) is 2.72. The average Bonchev–Trinajstić information content (AvgIpc) is 3.19. The van der Waals surface area contributed by atoms with Gasteiger partial charge in [0.1, 0.15) is 12.6 Å². The Bertz CT molecular complexity index is 391. The van der Waals surface area contributed by atoms with Gasteiger partial charge in [0.2, 0.25) is 0 Å². The van der Waals surface area contributed by atoms with E-state index in [0.717, 1.165) is 37.3 Å². The highest BCUT2D eigenvalue weighted by Gasteiger charge is 2.53. The van der Waals surface area contributed by atoms with E-state index in [9.17, 15) is 0 Å². The molecular weight excluding hydrogens is 274 g/mol. The molecule has 4 aliphatic rings. The predicted octanol–water partition coefficient (Wildman–Crippen LogP) is 2.26. The normalized spacial score (nSPS) is 44.7. The number of nitrogens with one attached hydrogen (secondary N) is 1. The molecule has 126 valence electrons. The van der Waals surface area contributed by atoms with E-state index in [2.05, 4.69) is 13.8 Å². The lowest BCUT2D eigenvalue weighted by Gasteiger charge is -2.39. The summed E-state index contributed by atoms with van der Waals surface area (Å²) in [6, 6.07) is 0. The Labute approximate surface area is 135 Å². The lowest BCUT2D eigenvalue weighted by molar-refractivity contribution is -0.907. The summed E-state index contributed by atoms with van der Waals surface area (Å²) in [6.45, 7) is 9.65. The van der Waals surface area contributed by atoms with Crippen LogP contribution < -0.4 is 4.90 Å². The molecule has 4 fully saturated rings. The fourth-order valence-electron chi connectivity index (χ4n) is 5.99. The van der Waals surface area contributed by atoms with Crippen LogP contribution in [-0.4, -0.2) is 38.6 Å². The highest BCUT2D eigenvalue weighted by molar-refractivity contribution is 5.01. The van der Waals surface area contributed by atoms with Crippen molar-refractivity contribution in [2.24, 2.45) is 23.2 Å². The number of quaternary nitrogens is 1. The van der Waals surface area contributed by atoms with Gasteiger partial charge in [0.05, 0.1) is 19.7 Å². The molecule has 4 rings (SSSR count). The van der Waals surface area contributed by atoms with E-state index in [-0.39, 0.29) is 6.29 Å². The number of likely N-dealkylation sites (tertiary alicyclic amines) is 1. The Morgan fingerprint density at radius 2 is 1.91 bits per heavy atom. The maximum atomic E-state index is 6.28. The van der Waals surface area contributed by atoms with Crippen LogP contribution in [0.3, 0.4) is 0 Å². The zero-order chi connectivity index (χ0) is 15.2. The first-order chi connectivity index (χ1) is 10.6. The van der Waals surface area contributed by atoms with Gasteiger partial charge in [0.25, 0.3) is 0 Å². The molecule has 0 amide bonds. The van der Waals surface area contributed by atoms with Crippen LogP contribution in [0.25, 0.3) is 0 Å². The van der Waals surface area contributed by atoms with Gasteiger partial charge in [-0.25, -0.2) is 0 Å². The molecule has 1 N–H and O–H groups in total. The van der Waals surface area contributed by atoms with Crippen LogP contribution in [0.4, 0.5) is 0 Å². The Balaban J connectivity index is 1.28. The molecule has 0 aromatic heterocycles. The Hall–Kier alpha value is -0.120. The van der Waals surface area contributed by atoms with Gasteiger partial charge in [-0.2, -0.15) is 0 Å². The summed E-state index contributed by atoms with van der Waals surface area (Å²) in [6.07, 6.45) is 10.2. The highest BCUT2D eigenvalue weighted by atomic mass is 16.7. The predicted molar refractivity (Wildman–Crippen MR) is 86.7 cm³/mol. The van der Waals surface area contributed by atoms with Crippen LogP contribution in [0.1, 0.15) is 58.8 Å². The van der Waals surface area contributed by atoms with Crippen molar-refractivity contribution < 1.29 is 14.4 Å². The van der Waals surface area contributed by atoms with Crippen molar-refractivity contribution in [1.82, 2.24) is 0 Å². The second-order valence-electron chi connectivity index (χ2n) is 8.97. The van der Waals surface area contributed by atoms with Crippen LogP contribution >= 0.6 is 0 Å². The van der Waals surface area contributed by atoms with Crippen molar-refractivity contribution in [3.63, 3.8) is 0 Å². The monoisotopic (exact) mass is 308 g/mol. The van der Waals surface area contributed by atoms with Crippen LogP contribution in [0, 0.1) is 23.2 Å². The van der Waals surface area contributed by atoms with Gasteiger partial charge in [-0.1, -0.05) is 13.8 Å². The minimum Gasteiger partial charge on any atom is -0.350 e. The molecule has 2 bridgehead atoms. The molecule has 5 atom stereocenters. The van der Waals surface area contributed by atoms with E-state index >= 15 is 0 Å². The van der Waals surface area contributed by atoms with Crippen molar-refractivity contribution in [1.29, 1.82) is 0 Å². The van der Waals surface area contributed by atoms with Gasteiger partial charge in [-0.3, -0.25) is 0 Å². The van der Waals surface area contributed by atoms with Crippen molar-refractivity contribution in [2.75, 3.05) is 26.2 Å². The number of hydrogen-bond acceptors (Lipinski definition) is 2. The van der Waals surface area contributed by atoms with Crippen LogP contribution in [0.15, 0.2) is 0 Å². The third-order valence-electron chi connectivity index (χ3n) is 7.39. The van der Waals surface area contributed by atoms with Crippen molar-refractivity contribution >= 4 is 0 Å². The van der Waals surface area contributed by atoms with Crippen LogP contribution in [0.5, 0.6) is 0 Å². The molecule has 0 spiro atoms. The molecule has 0 unspecified atom stereocenters. The fraction of sp³-hybridized carbons (Fsp3) is 1.00. The molecule has 0 radical (unpaired) electrons. The molecule has 2 heterocycles. The molecular formula is C19H34NO2+. The van der Waals surface area contributed by atoms with Crippen LogP contribution in [0.2, 0.25) is 0 Å². The molecule has 22 heavy (non-hydrogen) atoms. The first-order valence-electron chi connectivity index (χ1n) is 9.73. The first-order valence-corrected chi connectivity index (χ1v) is 9.73. The van der Waals surface area contributed by atoms with Gasteiger partial charge >= 0.3 is 0 Å². The molecule has 0 aromatic rings. The lowest BCUT2D eigenvalue weighted by Crippen LogP contribution is -3.13. The van der Waals surface area contributed by atoms with Gasteiger partial charge in [0.15, 0.2) is 6.29 Å². The zero-order valence-corrected chi connectivity index (χ0v) is 14.5. The Morgan fingerprint density at radius 1 is 1.09 bits per heavy atom. The molecule has 2 aliphatic heterocycles. The SMILES string of the molecule is CC1(C)[C@@H]2CC[C@H](C2)[C@@H]1C[C@H]1OC[C@H](C[NH+]2CCCCC2)O1. The van der Waals surface area contributed by atoms with E-state index in [1.165, 1.54) is 51.6 Å². The summed E-state index contributed by atoms with van der Waals surface area (Å²) in [4.78, 5) is 1.74. The largest absolute Gasteiger partial charge is 0.350 e. The van der Waals surface area contributed by atoms with E-state index in [4.69, 9.17) is 9.47 Å². The highest BCUT2D eigenvalue weighted by Crippen LogP contribution is 2.60. The molecule has 3 nitrogen and oxygen atoms in total. The molecule has 2 saturated carbocycles. The molecule has 2 aliphatic carbocycles. The molecule has 0 aromatic carbocycles. The number of fused-ring (bicyclic) bond motifs is 2. The number of hydrogen-bond donors (Lipinski definition) is 1. The second-order valence-corrected chi connectivity index (χ2v) is 8.97. The summed E-state index contributed by atoms with van der Waals surface area (Å²) in [5.41, 5.74) is 0.506. The first kappa shape index (κ1) is 15.4. The summed E-state index contributed by atoms with van der Waals surface area (Å²) in [7, 11) is 0. The average molecular weight is 308 g/mol. The number of rotatable bonds is 4. The maximum absolute atomic E-state index is 6.28. The Kier molecular flexibility index (Phi) is 4.25. The minimum atomic E-state index is 0.0813.